The molecule has 2 amide bonds. The fraction of sp³-hybridized carbons (Fsp3) is 0.300. The number of amides is 2. The van der Waals surface area contributed by atoms with Crippen molar-refractivity contribution in [2.24, 2.45) is 0 Å². The zero-order valence-corrected chi connectivity index (χ0v) is 15.1. The van der Waals surface area contributed by atoms with Crippen molar-refractivity contribution in [1.82, 2.24) is 5.32 Å². The van der Waals surface area contributed by atoms with Crippen LogP contribution in [0.25, 0.3) is 0 Å². The number of hydrogen-bond acceptors (Lipinski definition) is 5. The van der Waals surface area contributed by atoms with E-state index in [9.17, 15) is 9.59 Å². The highest BCUT2D eigenvalue weighted by atomic mass is 16.5. The van der Waals surface area contributed by atoms with Crippen molar-refractivity contribution in [2.75, 3.05) is 30.4 Å². The van der Waals surface area contributed by atoms with Gasteiger partial charge in [-0.2, -0.15) is 0 Å². The summed E-state index contributed by atoms with van der Waals surface area (Å²) in [5.41, 5.74) is 1.31. The molecule has 1 heterocycles. The molecule has 2 aromatic rings. The third kappa shape index (κ3) is 5.54. The summed E-state index contributed by atoms with van der Waals surface area (Å²) in [5.74, 6) is 0.0751. The molecule has 3 rings (SSSR count). The Balaban J connectivity index is 1.52. The second-order valence-corrected chi connectivity index (χ2v) is 6.23. The number of hydrogen-bond donors (Lipinski definition) is 3. The Bertz CT molecular complexity index is 782. The highest BCUT2D eigenvalue weighted by Crippen LogP contribution is 2.18. The van der Waals surface area contributed by atoms with Gasteiger partial charge in [0.15, 0.2) is 6.61 Å². The molecule has 1 aliphatic heterocycles. The first-order chi connectivity index (χ1) is 13.1. The molecule has 0 bridgehead atoms. The van der Waals surface area contributed by atoms with Crippen molar-refractivity contribution in [3.8, 4) is 5.75 Å². The molecule has 142 valence electrons. The lowest BCUT2D eigenvalue weighted by Gasteiger charge is -2.29. The number of nitrogens with one attached hydrogen (secondary N) is 3. The first kappa shape index (κ1) is 18.9. The zero-order chi connectivity index (χ0) is 19.1. The van der Waals surface area contributed by atoms with E-state index in [4.69, 9.17) is 9.47 Å². The maximum Gasteiger partial charge on any atom is 0.262 e. The predicted octanol–water partition coefficient (Wildman–Crippen LogP) is 2.02. The highest BCUT2D eigenvalue weighted by Gasteiger charge is 2.28. The van der Waals surface area contributed by atoms with E-state index in [0.717, 1.165) is 0 Å². The number of morpholine rings is 1. The van der Waals surface area contributed by atoms with Gasteiger partial charge in [0.2, 0.25) is 5.91 Å². The van der Waals surface area contributed by atoms with Crippen LogP contribution in [0.3, 0.4) is 0 Å². The second kappa shape index (κ2) is 9.16. The van der Waals surface area contributed by atoms with Gasteiger partial charge in [0.25, 0.3) is 5.91 Å². The SMILES string of the molecule is C[C@H]1OCCN[C@@H]1C(=O)Nc1cccc(OCC(=O)Nc2ccccc2)c1. The largest absolute Gasteiger partial charge is 0.484 e. The van der Waals surface area contributed by atoms with Gasteiger partial charge in [-0.15, -0.1) is 0 Å². The Morgan fingerprint density at radius 2 is 1.89 bits per heavy atom. The third-order valence-electron chi connectivity index (χ3n) is 4.13. The van der Waals surface area contributed by atoms with Crippen LogP contribution in [0.5, 0.6) is 5.75 Å². The summed E-state index contributed by atoms with van der Waals surface area (Å²) in [6.45, 7) is 2.98. The molecule has 7 heteroatoms. The number of carbonyl (C=O) groups is 2. The molecule has 1 saturated heterocycles. The molecule has 0 aliphatic carbocycles. The van der Waals surface area contributed by atoms with E-state index in [0.29, 0.717) is 30.3 Å². The van der Waals surface area contributed by atoms with E-state index in [1.807, 2.05) is 25.1 Å². The number of anilines is 2. The summed E-state index contributed by atoms with van der Waals surface area (Å²) < 4.78 is 11.0. The van der Waals surface area contributed by atoms with Gasteiger partial charge in [-0.05, 0) is 31.2 Å². The summed E-state index contributed by atoms with van der Waals surface area (Å²) in [7, 11) is 0. The minimum atomic E-state index is -0.403. The summed E-state index contributed by atoms with van der Waals surface area (Å²) in [5, 5.41) is 8.74. The molecule has 7 nitrogen and oxygen atoms in total. The summed E-state index contributed by atoms with van der Waals surface area (Å²) in [6, 6.07) is 15.7. The van der Waals surface area contributed by atoms with Crippen molar-refractivity contribution in [3.63, 3.8) is 0 Å². The number of para-hydroxylation sites is 1. The molecular weight excluding hydrogens is 346 g/mol. The fourth-order valence-corrected chi connectivity index (χ4v) is 2.78. The van der Waals surface area contributed by atoms with E-state index in [1.165, 1.54) is 0 Å². The molecule has 3 N–H and O–H groups in total. The molecule has 0 unspecified atom stereocenters. The topological polar surface area (TPSA) is 88.7 Å². The number of ether oxygens (including phenoxy) is 2. The molecule has 0 saturated carbocycles. The van der Waals surface area contributed by atoms with Gasteiger partial charge in [-0.25, -0.2) is 0 Å². The third-order valence-corrected chi connectivity index (χ3v) is 4.13. The zero-order valence-electron chi connectivity index (χ0n) is 15.1. The quantitative estimate of drug-likeness (QED) is 0.725. The van der Waals surface area contributed by atoms with Crippen LogP contribution < -0.4 is 20.7 Å². The molecule has 0 radical (unpaired) electrons. The lowest BCUT2D eigenvalue weighted by Crippen LogP contribution is -2.53. The summed E-state index contributed by atoms with van der Waals surface area (Å²) in [4.78, 5) is 24.4. The minimum Gasteiger partial charge on any atom is -0.484 e. The first-order valence-electron chi connectivity index (χ1n) is 8.85. The molecule has 0 aromatic heterocycles. The van der Waals surface area contributed by atoms with E-state index in [2.05, 4.69) is 16.0 Å². The van der Waals surface area contributed by atoms with Crippen molar-refractivity contribution >= 4 is 23.2 Å². The van der Waals surface area contributed by atoms with Crippen LogP contribution in [0.1, 0.15) is 6.92 Å². The van der Waals surface area contributed by atoms with Gasteiger partial charge in [0.05, 0.1) is 12.7 Å². The van der Waals surface area contributed by atoms with Gasteiger partial charge in [-0.1, -0.05) is 24.3 Å². The lowest BCUT2D eigenvalue weighted by atomic mass is 10.1. The van der Waals surface area contributed by atoms with Gasteiger partial charge in [-0.3, -0.25) is 9.59 Å². The lowest BCUT2D eigenvalue weighted by molar-refractivity contribution is -0.123. The van der Waals surface area contributed by atoms with E-state index in [-0.39, 0.29) is 24.5 Å². The fourth-order valence-electron chi connectivity index (χ4n) is 2.78. The second-order valence-electron chi connectivity index (χ2n) is 6.23. The normalized spacial score (nSPS) is 19.1. The molecule has 1 aliphatic rings. The monoisotopic (exact) mass is 369 g/mol. The Labute approximate surface area is 158 Å². The van der Waals surface area contributed by atoms with Crippen LogP contribution in [0.2, 0.25) is 0 Å². The highest BCUT2D eigenvalue weighted by molar-refractivity contribution is 5.95. The van der Waals surface area contributed by atoms with Crippen molar-refractivity contribution < 1.29 is 19.1 Å². The van der Waals surface area contributed by atoms with E-state index in [1.54, 1.807) is 36.4 Å². The van der Waals surface area contributed by atoms with Crippen molar-refractivity contribution in [1.29, 1.82) is 0 Å². The number of carbonyl (C=O) groups excluding carboxylic acids is 2. The standard InChI is InChI=1S/C20H23N3O4/c1-14-19(21-10-11-26-14)20(25)23-16-8-5-9-17(12-16)27-13-18(24)22-15-6-3-2-4-7-15/h2-9,12,14,19,21H,10-11,13H2,1H3,(H,22,24)(H,23,25)/t14-,19+/m1/s1. The van der Waals surface area contributed by atoms with E-state index < -0.39 is 6.04 Å². The van der Waals surface area contributed by atoms with Gasteiger partial charge in [0.1, 0.15) is 11.8 Å². The van der Waals surface area contributed by atoms with Crippen LogP contribution in [0.4, 0.5) is 11.4 Å². The Hall–Kier alpha value is -2.90. The van der Waals surface area contributed by atoms with Crippen LogP contribution in [-0.2, 0) is 14.3 Å². The van der Waals surface area contributed by atoms with Gasteiger partial charge >= 0.3 is 0 Å². The minimum absolute atomic E-state index is 0.124. The van der Waals surface area contributed by atoms with E-state index >= 15 is 0 Å². The maximum absolute atomic E-state index is 12.4. The molecule has 0 spiro atoms. The molecule has 1 fully saturated rings. The first-order valence-corrected chi connectivity index (χ1v) is 8.85. The van der Waals surface area contributed by atoms with Crippen LogP contribution >= 0.6 is 0 Å². The van der Waals surface area contributed by atoms with Crippen molar-refractivity contribution in [2.45, 2.75) is 19.1 Å². The molecule has 2 aromatic carbocycles. The Kier molecular flexibility index (Phi) is 6.40. The van der Waals surface area contributed by atoms with Crippen LogP contribution in [0, 0.1) is 0 Å². The Morgan fingerprint density at radius 3 is 2.67 bits per heavy atom. The Morgan fingerprint density at radius 1 is 1.11 bits per heavy atom. The van der Waals surface area contributed by atoms with Crippen LogP contribution in [0.15, 0.2) is 54.6 Å². The number of rotatable bonds is 6. The average molecular weight is 369 g/mol. The smallest absolute Gasteiger partial charge is 0.262 e. The molecular formula is C20H23N3O4. The predicted molar refractivity (Wildman–Crippen MR) is 103 cm³/mol. The molecule has 27 heavy (non-hydrogen) atoms. The average Bonchev–Trinajstić information content (AvgIpc) is 2.68. The van der Waals surface area contributed by atoms with Crippen LogP contribution in [-0.4, -0.2) is 43.7 Å². The summed E-state index contributed by atoms with van der Waals surface area (Å²) in [6.07, 6.45) is -0.195. The van der Waals surface area contributed by atoms with Gasteiger partial charge in [0, 0.05) is 24.0 Å². The summed E-state index contributed by atoms with van der Waals surface area (Å²) >= 11 is 0. The number of benzene rings is 2. The molecule has 2 atom stereocenters. The maximum atomic E-state index is 12.4. The van der Waals surface area contributed by atoms with Crippen molar-refractivity contribution in [3.05, 3.63) is 54.6 Å². The van der Waals surface area contributed by atoms with Gasteiger partial charge < -0.3 is 25.4 Å².